The number of ether oxygens (including phenoxy) is 2. The maximum Gasteiger partial charge on any atom is 0.330 e. The zero-order valence-electron chi connectivity index (χ0n) is 11.4. The van der Waals surface area contributed by atoms with Crippen LogP contribution in [0.25, 0.3) is 12.2 Å². The van der Waals surface area contributed by atoms with Crippen LogP contribution in [0.4, 0.5) is 5.69 Å². The first-order chi connectivity index (χ1) is 9.97. The molecule has 1 aromatic carbocycles. The largest absolute Gasteiger partial charge is 0.466 e. The zero-order chi connectivity index (χ0) is 15.8. The second-order valence-electron chi connectivity index (χ2n) is 3.79. The van der Waals surface area contributed by atoms with E-state index < -0.39 is 16.9 Å². The molecule has 1 rings (SSSR count). The summed E-state index contributed by atoms with van der Waals surface area (Å²) in [5, 5.41) is 11.0. The van der Waals surface area contributed by atoms with Crippen molar-refractivity contribution in [2.75, 3.05) is 14.2 Å². The molecule has 0 aliphatic rings. The molecule has 0 atom stereocenters. The minimum absolute atomic E-state index is 0.192. The van der Waals surface area contributed by atoms with Gasteiger partial charge < -0.3 is 9.47 Å². The maximum absolute atomic E-state index is 11.0. The van der Waals surface area contributed by atoms with Crippen LogP contribution in [0.5, 0.6) is 0 Å². The van der Waals surface area contributed by atoms with Crippen molar-refractivity contribution in [3.8, 4) is 0 Å². The van der Waals surface area contributed by atoms with Gasteiger partial charge in [-0.15, -0.1) is 0 Å². The van der Waals surface area contributed by atoms with Gasteiger partial charge in [0.2, 0.25) is 0 Å². The number of hydrogen-bond donors (Lipinski definition) is 0. The summed E-state index contributed by atoms with van der Waals surface area (Å²) in [5.41, 5.74) is 0.519. The molecule has 0 N–H and O–H groups in total. The predicted molar refractivity (Wildman–Crippen MR) is 75.2 cm³/mol. The van der Waals surface area contributed by atoms with Crippen LogP contribution >= 0.6 is 0 Å². The van der Waals surface area contributed by atoms with E-state index in [1.807, 2.05) is 0 Å². The average Bonchev–Trinajstić information content (AvgIpc) is 2.50. The predicted octanol–water partition coefficient (Wildman–Crippen LogP) is 1.97. The molecule has 0 aliphatic heterocycles. The molecule has 0 aromatic heterocycles. The molecular formula is C14H13NO6. The van der Waals surface area contributed by atoms with E-state index in [9.17, 15) is 19.7 Å². The number of hydrogen-bond acceptors (Lipinski definition) is 6. The lowest BCUT2D eigenvalue weighted by Gasteiger charge is -2.00. The third-order valence-electron chi connectivity index (χ3n) is 2.46. The fourth-order valence-corrected chi connectivity index (χ4v) is 1.42. The molecule has 0 radical (unpaired) electrons. The van der Waals surface area contributed by atoms with Crippen LogP contribution in [0.1, 0.15) is 11.1 Å². The molecule has 21 heavy (non-hydrogen) atoms. The van der Waals surface area contributed by atoms with Crippen LogP contribution in [0.15, 0.2) is 30.4 Å². The highest BCUT2D eigenvalue weighted by Gasteiger charge is 2.12. The normalized spacial score (nSPS) is 10.8. The summed E-state index contributed by atoms with van der Waals surface area (Å²) in [5.74, 6) is -1.17. The topological polar surface area (TPSA) is 95.7 Å². The molecule has 0 saturated heterocycles. The van der Waals surface area contributed by atoms with E-state index in [2.05, 4.69) is 9.47 Å². The minimum atomic E-state index is -0.612. The van der Waals surface area contributed by atoms with Crippen LogP contribution in [0.2, 0.25) is 0 Å². The van der Waals surface area contributed by atoms with Crippen LogP contribution in [-0.4, -0.2) is 31.1 Å². The second-order valence-corrected chi connectivity index (χ2v) is 3.79. The lowest BCUT2D eigenvalue weighted by Crippen LogP contribution is -1.96. The molecule has 110 valence electrons. The Bertz CT molecular complexity index is 618. The number of nitro benzene ring substituents is 1. The Balaban J connectivity index is 3.10. The lowest BCUT2D eigenvalue weighted by atomic mass is 10.1. The first-order valence-corrected chi connectivity index (χ1v) is 5.78. The van der Waals surface area contributed by atoms with Crippen molar-refractivity contribution in [1.29, 1.82) is 0 Å². The van der Waals surface area contributed by atoms with Crippen molar-refractivity contribution in [2.24, 2.45) is 0 Å². The van der Waals surface area contributed by atoms with E-state index in [1.165, 1.54) is 38.5 Å². The molecule has 0 aliphatic carbocycles. The highest BCUT2D eigenvalue weighted by Crippen LogP contribution is 2.22. The zero-order valence-corrected chi connectivity index (χ0v) is 11.4. The summed E-state index contributed by atoms with van der Waals surface area (Å²) in [6, 6.07) is 4.33. The summed E-state index contributed by atoms with van der Waals surface area (Å²) in [6.07, 6.45) is 4.93. The molecule has 1 aromatic rings. The van der Waals surface area contributed by atoms with Gasteiger partial charge in [0.1, 0.15) is 0 Å². The van der Waals surface area contributed by atoms with Crippen molar-refractivity contribution in [2.45, 2.75) is 0 Å². The third kappa shape index (κ3) is 4.90. The number of rotatable bonds is 5. The van der Waals surface area contributed by atoms with Gasteiger partial charge in [-0.25, -0.2) is 9.59 Å². The van der Waals surface area contributed by atoms with Gasteiger partial charge in [0.25, 0.3) is 5.69 Å². The number of carbonyl (C=O) groups excluding carboxylic acids is 2. The van der Waals surface area contributed by atoms with E-state index in [1.54, 1.807) is 6.07 Å². The number of nitrogens with zero attached hydrogens (tertiary/aromatic N) is 1. The van der Waals surface area contributed by atoms with E-state index >= 15 is 0 Å². The van der Waals surface area contributed by atoms with Crippen LogP contribution < -0.4 is 0 Å². The first kappa shape index (κ1) is 16.1. The maximum atomic E-state index is 11.0. The molecule has 7 heteroatoms. The minimum Gasteiger partial charge on any atom is -0.466 e. The van der Waals surface area contributed by atoms with Gasteiger partial charge in [-0.3, -0.25) is 10.1 Å². The standard InChI is InChI=1S/C14H13NO6/c1-20-13(16)7-4-10-3-5-11(6-8-14(17)21-2)12(9-10)15(18)19/h3-9H,1-2H3/b7-4+,8-6+. The molecule has 0 fully saturated rings. The van der Waals surface area contributed by atoms with Crippen LogP contribution in [-0.2, 0) is 19.1 Å². The van der Waals surface area contributed by atoms with Gasteiger partial charge >= 0.3 is 11.9 Å². The SMILES string of the molecule is COC(=O)/C=C/c1ccc(/C=C/C(=O)OC)c([N+](=O)[O-])c1. The molecule has 0 saturated carbocycles. The fraction of sp³-hybridized carbons (Fsp3) is 0.143. The Morgan fingerprint density at radius 3 is 2.19 bits per heavy atom. The number of esters is 2. The Labute approximate surface area is 120 Å². The summed E-state index contributed by atoms with van der Waals surface area (Å²) < 4.78 is 8.84. The quantitative estimate of drug-likeness (QED) is 0.356. The molecule has 0 bridgehead atoms. The highest BCUT2D eigenvalue weighted by atomic mass is 16.6. The van der Waals surface area contributed by atoms with E-state index in [-0.39, 0.29) is 11.3 Å². The Kier molecular flexibility index (Phi) is 5.81. The summed E-state index contributed by atoms with van der Waals surface area (Å²) >= 11 is 0. The molecule has 0 unspecified atom stereocenters. The van der Waals surface area contributed by atoms with Crippen LogP contribution in [0.3, 0.4) is 0 Å². The number of carbonyl (C=O) groups is 2. The van der Waals surface area contributed by atoms with Crippen molar-refractivity contribution < 1.29 is 24.0 Å². The summed E-state index contributed by atoms with van der Waals surface area (Å²) in [7, 11) is 2.44. The van der Waals surface area contributed by atoms with Crippen molar-refractivity contribution in [3.63, 3.8) is 0 Å². The Hall–Kier alpha value is -2.96. The Morgan fingerprint density at radius 2 is 1.67 bits per heavy atom. The number of methoxy groups -OCH3 is 2. The lowest BCUT2D eigenvalue weighted by molar-refractivity contribution is -0.385. The third-order valence-corrected chi connectivity index (χ3v) is 2.46. The summed E-state index contributed by atoms with van der Waals surface area (Å²) in [6.45, 7) is 0. The fourth-order valence-electron chi connectivity index (χ4n) is 1.42. The van der Waals surface area contributed by atoms with Gasteiger partial charge in [-0.2, -0.15) is 0 Å². The molecule has 0 amide bonds. The van der Waals surface area contributed by atoms with E-state index in [0.29, 0.717) is 5.56 Å². The monoisotopic (exact) mass is 291 g/mol. The number of nitro groups is 1. The molecular weight excluding hydrogens is 278 g/mol. The second kappa shape index (κ2) is 7.59. The number of benzene rings is 1. The first-order valence-electron chi connectivity index (χ1n) is 5.78. The van der Waals surface area contributed by atoms with Gasteiger partial charge in [-0.1, -0.05) is 6.07 Å². The van der Waals surface area contributed by atoms with Gasteiger partial charge in [-0.05, 0) is 23.8 Å². The highest BCUT2D eigenvalue weighted by molar-refractivity contribution is 5.89. The van der Waals surface area contributed by atoms with Gasteiger partial charge in [0.05, 0.1) is 24.7 Å². The average molecular weight is 291 g/mol. The molecule has 0 spiro atoms. The summed E-state index contributed by atoms with van der Waals surface area (Å²) in [4.78, 5) is 32.4. The smallest absolute Gasteiger partial charge is 0.330 e. The Morgan fingerprint density at radius 1 is 1.10 bits per heavy atom. The van der Waals surface area contributed by atoms with Crippen molar-refractivity contribution >= 4 is 29.8 Å². The van der Waals surface area contributed by atoms with Crippen LogP contribution in [0, 0.1) is 10.1 Å². The molecule has 7 nitrogen and oxygen atoms in total. The van der Waals surface area contributed by atoms with E-state index in [4.69, 9.17) is 0 Å². The van der Waals surface area contributed by atoms with Gasteiger partial charge in [0.15, 0.2) is 0 Å². The van der Waals surface area contributed by atoms with E-state index in [0.717, 1.165) is 12.2 Å². The van der Waals surface area contributed by atoms with Gasteiger partial charge in [0, 0.05) is 18.2 Å². The van der Waals surface area contributed by atoms with Crippen molar-refractivity contribution in [3.05, 3.63) is 51.6 Å². The van der Waals surface area contributed by atoms with Crippen molar-refractivity contribution in [1.82, 2.24) is 0 Å². The molecule has 0 heterocycles.